The van der Waals surface area contributed by atoms with Gasteiger partial charge < -0.3 is 10.5 Å². The molecule has 0 aliphatic rings. The van der Waals surface area contributed by atoms with E-state index in [2.05, 4.69) is 24.8 Å². The molecule has 0 aliphatic heterocycles. The summed E-state index contributed by atoms with van der Waals surface area (Å²) in [5, 5.41) is 0. The van der Waals surface area contributed by atoms with Crippen LogP contribution >= 0.6 is 0 Å². The topological polar surface area (TPSA) is 35.2 Å². The number of hydrogen-bond acceptors (Lipinski definition) is 2. The summed E-state index contributed by atoms with van der Waals surface area (Å²) >= 11 is 0. The van der Waals surface area contributed by atoms with Gasteiger partial charge >= 0.3 is 0 Å². The number of rotatable bonds is 9. The quantitative estimate of drug-likeness (QED) is 0.416. The lowest BCUT2D eigenvalue weighted by Crippen LogP contribution is -1.98. The van der Waals surface area contributed by atoms with Crippen molar-refractivity contribution in [2.75, 3.05) is 13.2 Å². The highest BCUT2D eigenvalue weighted by Crippen LogP contribution is 2.05. The fourth-order valence-corrected chi connectivity index (χ4v) is 1.63. The van der Waals surface area contributed by atoms with Crippen LogP contribution in [0.15, 0.2) is 67.0 Å². The molecule has 0 heterocycles. The van der Waals surface area contributed by atoms with Crippen LogP contribution < -0.4 is 5.73 Å². The average Bonchev–Trinajstić information content (AvgIpc) is 2.44. The number of allylic oxidation sites excluding steroid dienone is 4. The van der Waals surface area contributed by atoms with Crippen molar-refractivity contribution >= 4 is 0 Å². The van der Waals surface area contributed by atoms with Crippen LogP contribution in [0.1, 0.15) is 18.4 Å². The molecule has 0 radical (unpaired) electrons. The number of unbranched alkanes of at least 4 members (excludes halogenated alkanes) is 1. The minimum absolute atomic E-state index is 0.672. The van der Waals surface area contributed by atoms with Gasteiger partial charge in [-0.2, -0.15) is 0 Å². The second-order valence-electron chi connectivity index (χ2n) is 4.22. The third kappa shape index (κ3) is 7.27. The fraction of sp³-hybridized carbons (Fsp3) is 0.294. The van der Waals surface area contributed by atoms with Crippen LogP contribution in [0.5, 0.6) is 0 Å². The molecule has 0 unspecified atom stereocenters. The van der Waals surface area contributed by atoms with Crippen LogP contribution in [0, 0.1) is 0 Å². The van der Waals surface area contributed by atoms with E-state index < -0.39 is 0 Å². The Kier molecular flexibility index (Phi) is 8.15. The van der Waals surface area contributed by atoms with Gasteiger partial charge in [-0.1, -0.05) is 49.1 Å². The first kappa shape index (κ1) is 15.3. The summed E-state index contributed by atoms with van der Waals surface area (Å²) in [4.78, 5) is 0. The van der Waals surface area contributed by atoms with Gasteiger partial charge in [0.15, 0.2) is 0 Å². The predicted octanol–water partition coefficient (Wildman–Crippen LogP) is 3.61. The van der Waals surface area contributed by atoms with Gasteiger partial charge in [0.25, 0.3) is 0 Å². The first-order valence-electron chi connectivity index (χ1n) is 6.73. The molecule has 0 aromatic heterocycles. The zero-order valence-corrected chi connectivity index (χ0v) is 11.4. The third-order valence-corrected chi connectivity index (χ3v) is 2.64. The summed E-state index contributed by atoms with van der Waals surface area (Å²) < 4.78 is 5.74. The van der Waals surface area contributed by atoms with Crippen LogP contribution in [-0.4, -0.2) is 13.2 Å². The normalized spacial score (nSPS) is 11.7. The van der Waals surface area contributed by atoms with E-state index in [0.717, 1.165) is 31.6 Å². The molecule has 102 valence electrons. The second kappa shape index (κ2) is 10.2. The van der Waals surface area contributed by atoms with Crippen molar-refractivity contribution in [2.24, 2.45) is 5.73 Å². The highest BCUT2D eigenvalue weighted by atomic mass is 16.5. The molecule has 1 aromatic rings. The molecule has 1 aromatic carbocycles. The van der Waals surface area contributed by atoms with Gasteiger partial charge in [0.05, 0.1) is 6.61 Å². The van der Waals surface area contributed by atoms with Crippen molar-refractivity contribution in [3.63, 3.8) is 0 Å². The van der Waals surface area contributed by atoms with E-state index in [1.165, 1.54) is 5.56 Å². The Hall–Kier alpha value is -1.80. The molecular formula is C17H23NO. The number of nitrogens with two attached hydrogens (primary N) is 1. The SMILES string of the molecule is C=C/C=C(\C=C\CCCN)OCCc1ccccc1. The maximum Gasteiger partial charge on any atom is 0.118 e. The van der Waals surface area contributed by atoms with Crippen LogP contribution in [0.4, 0.5) is 0 Å². The van der Waals surface area contributed by atoms with Crippen LogP contribution in [-0.2, 0) is 11.2 Å². The molecule has 1 rings (SSSR count). The molecule has 0 saturated carbocycles. The van der Waals surface area contributed by atoms with E-state index in [0.29, 0.717) is 6.61 Å². The molecule has 0 aliphatic carbocycles. The van der Waals surface area contributed by atoms with Gasteiger partial charge in [0.2, 0.25) is 0 Å². The third-order valence-electron chi connectivity index (χ3n) is 2.64. The van der Waals surface area contributed by atoms with Crippen LogP contribution in [0.25, 0.3) is 0 Å². The molecule has 0 fully saturated rings. The summed E-state index contributed by atoms with van der Waals surface area (Å²) in [5.74, 6) is 0.850. The standard InChI is InChI=1S/C17H23NO/c1-2-9-17(12-7-4-8-14-18)19-15-13-16-10-5-3-6-11-16/h2-3,5-7,9-12H,1,4,8,13-15,18H2/b12-7+,17-9+. The molecule has 0 saturated heterocycles. The summed E-state index contributed by atoms with van der Waals surface area (Å²) in [6, 6.07) is 10.3. The predicted molar refractivity (Wildman–Crippen MR) is 81.8 cm³/mol. The Balaban J connectivity index is 2.36. The Morgan fingerprint density at radius 3 is 2.74 bits per heavy atom. The van der Waals surface area contributed by atoms with Gasteiger partial charge in [0, 0.05) is 6.42 Å². The van der Waals surface area contributed by atoms with Crippen LogP contribution in [0.3, 0.4) is 0 Å². The maximum atomic E-state index is 5.74. The average molecular weight is 257 g/mol. The van der Waals surface area contributed by atoms with E-state index in [4.69, 9.17) is 10.5 Å². The molecule has 2 nitrogen and oxygen atoms in total. The molecular weight excluding hydrogens is 234 g/mol. The van der Waals surface area contributed by atoms with Gasteiger partial charge in [-0.25, -0.2) is 0 Å². The van der Waals surface area contributed by atoms with E-state index in [1.54, 1.807) is 6.08 Å². The summed E-state index contributed by atoms with van der Waals surface area (Å²) in [6.45, 7) is 5.09. The second-order valence-corrected chi connectivity index (χ2v) is 4.22. The molecule has 0 spiro atoms. The highest BCUT2D eigenvalue weighted by molar-refractivity contribution is 5.18. The molecule has 2 heteroatoms. The zero-order chi connectivity index (χ0) is 13.8. The Morgan fingerprint density at radius 2 is 2.05 bits per heavy atom. The summed E-state index contributed by atoms with van der Waals surface area (Å²) in [5.41, 5.74) is 6.74. The van der Waals surface area contributed by atoms with Crippen LogP contribution in [0.2, 0.25) is 0 Å². The van der Waals surface area contributed by atoms with E-state index in [9.17, 15) is 0 Å². The van der Waals surface area contributed by atoms with Gasteiger partial charge in [-0.15, -0.1) is 0 Å². The lowest BCUT2D eigenvalue weighted by atomic mass is 10.2. The first-order valence-corrected chi connectivity index (χ1v) is 6.73. The fourth-order valence-electron chi connectivity index (χ4n) is 1.63. The molecule has 0 amide bonds. The Bertz CT molecular complexity index is 407. The maximum absolute atomic E-state index is 5.74. The van der Waals surface area contributed by atoms with Crippen molar-refractivity contribution in [3.05, 3.63) is 72.5 Å². The number of hydrogen-bond donors (Lipinski definition) is 1. The lowest BCUT2D eigenvalue weighted by molar-refractivity contribution is 0.228. The Labute approximate surface area is 116 Å². The minimum atomic E-state index is 0.672. The van der Waals surface area contributed by atoms with Gasteiger partial charge in [-0.3, -0.25) is 0 Å². The largest absolute Gasteiger partial charge is 0.493 e. The number of benzene rings is 1. The highest BCUT2D eigenvalue weighted by Gasteiger charge is 1.94. The van der Waals surface area contributed by atoms with Gasteiger partial charge in [0.1, 0.15) is 5.76 Å². The van der Waals surface area contributed by atoms with Crippen molar-refractivity contribution in [3.8, 4) is 0 Å². The van der Waals surface area contributed by atoms with E-state index >= 15 is 0 Å². The van der Waals surface area contributed by atoms with Gasteiger partial charge in [-0.05, 0) is 37.1 Å². The van der Waals surface area contributed by atoms with Crippen molar-refractivity contribution in [1.82, 2.24) is 0 Å². The summed E-state index contributed by atoms with van der Waals surface area (Å²) in [6.07, 6.45) is 10.6. The van der Waals surface area contributed by atoms with E-state index in [-0.39, 0.29) is 0 Å². The van der Waals surface area contributed by atoms with Crippen molar-refractivity contribution in [2.45, 2.75) is 19.3 Å². The van der Waals surface area contributed by atoms with E-state index in [1.807, 2.05) is 30.4 Å². The van der Waals surface area contributed by atoms with Crippen molar-refractivity contribution in [1.29, 1.82) is 0 Å². The smallest absolute Gasteiger partial charge is 0.118 e. The molecule has 19 heavy (non-hydrogen) atoms. The summed E-state index contributed by atoms with van der Waals surface area (Å²) in [7, 11) is 0. The minimum Gasteiger partial charge on any atom is -0.493 e. The molecule has 0 bridgehead atoms. The molecule has 0 atom stereocenters. The Morgan fingerprint density at radius 1 is 1.26 bits per heavy atom. The first-order chi connectivity index (χ1) is 9.36. The number of ether oxygens (including phenoxy) is 1. The van der Waals surface area contributed by atoms with Crippen molar-refractivity contribution < 1.29 is 4.74 Å². The monoisotopic (exact) mass is 257 g/mol. The lowest BCUT2D eigenvalue weighted by Gasteiger charge is -2.06. The molecule has 2 N–H and O–H groups in total. The zero-order valence-electron chi connectivity index (χ0n) is 11.4.